The lowest BCUT2D eigenvalue weighted by Crippen LogP contribution is -2.22. The number of carbonyl (C=O) groups is 1. The fourth-order valence-electron chi connectivity index (χ4n) is 1.66. The largest absolute Gasteiger partial charge is 0.352 e. The molecule has 1 aromatic carbocycles. The van der Waals surface area contributed by atoms with Crippen LogP contribution in [0.4, 0.5) is 0 Å². The SMILES string of the molecule is CCCC(=O)NCc1cccc(-c2c[nH][nH]2)c1.CCS.[HH]. The number of H-pyrrole nitrogens is 2. The third-order valence-corrected chi connectivity index (χ3v) is 2.63. The van der Waals surface area contributed by atoms with Gasteiger partial charge in [-0.15, -0.1) is 0 Å². The summed E-state index contributed by atoms with van der Waals surface area (Å²) in [6.45, 7) is 4.58. The summed E-state index contributed by atoms with van der Waals surface area (Å²) in [5, 5.41) is 8.77. The Labute approximate surface area is 127 Å². The van der Waals surface area contributed by atoms with E-state index in [1.54, 1.807) is 0 Å². The van der Waals surface area contributed by atoms with Crippen LogP contribution in [0.5, 0.6) is 0 Å². The number of rotatable bonds is 5. The number of aromatic amines is 2. The minimum Gasteiger partial charge on any atom is -0.352 e. The van der Waals surface area contributed by atoms with Crippen molar-refractivity contribution in [3.05, 3.63) is 36.0 Å². The lowest BCUT2D eigenvalue weighted by atomic mass is 10.1. The molecule has 0 bridgehead atoms. The van der Waals surface area contributed by atoms with Crippen LogP contribution in [-0.2, 0) is 11.3 Å². The predicted octanol–water partition coefficient (Wildman–Crippen LogP) is 3.61. The maximum Gasteiger partial charge on any atom is 0.220 e. The summed E-state index contributed by atoms with van der Waals surface area (Å²) < 4.78 is 0. The molecule has 20 heavy (non-hydrogen) atoms. The summed E-state index contributed by atoms with van der Waals surface area (Å²) in [7, 11) is 0. The number of carbonyl (C=O) groups excluding carboxylic acids is 1. The van der Waals surface area contributed by atoms with Crippen molar-refractivity contribution in [2.75, 3.05) is 5.75 Å². The molecule has 0 unspecified atom stereocenters. The first-order valence-electron chi connectivity index (χ1n) is 6.89. The van der Waals surface area contributed by atoms with Crippen molar-refractivity contribution < 1.29 is 6.22 Å². The zero-order chi connectivity index (χ0) is 14.8. The van der Waals surface area contributed by atoms with E-state index in [2.05, 4.69) is 34.2 Å². The van der Waals surface area contributed by atoms with Gasteiger partial charge in [-0.1, -0.05) is 32.0 Å². The van der Waals surface area contributed by atoms with Gasteiger partial charge in [0.05, 0.1) is 5.69 Å². The van der Waals surface area contributed by atoms with Crippen LogP contribution in [0, 0.1) is 0 Å². The molecule has 112 valence electrons. The van der Waals surface area contributed by atoms with Gasteiger partial charge in [0.15, 0.2) is 0 Å². The molecule has 1 aromatic heterocycles. The van der Waals surface area contributed by atoms with Crippen LogP contribution in [0.3, 0.4) is 0 Å². The quantitative estimate of drug-likeness (QED) is 0.626. The zero-order valence-corrected chi connectivity index (χ0v) is 13.0. The van der Waals surface area contributed by atoms with E-state index in [0.29, 0.717) is 13.0 Å². The Morgan fingerprint density at radius 2 is 2.10 bits per heavy atom. The summed E-state index contributed by atoms with van der Waals surface area (Å²) in [6.07, 6.45) is 3.39. The highest BCUT2D eigenvalue weighted by molar-refractivity contribution is 7.80. The highest BCUT2D eigenvalue weighted by Crippen LogP contribution is 2.17. The predicted molar refractivity (Wildman–Crippen MR) is 89.0 cm³/mol. The molecule has 5 heteroatoms. The summed E-state index contributed by atoms with van der Waals surface area (Å²) >= 11 is 3.79. The highest BCUT2D eigenvalue weighted by atomic mass is 32.1. The van der Waals surface area contributed by atoms with E-state index in [9.17, 15) is 4.79 Å². The summed E-state index contributed by atoms with van der Waals surface area (Å²) in [5.41, 5.74) is 3.32. The van der Waals surface area contributed by atoms with Crippen LogP contribution >= 0.6 is 12.6 Å². The van der Waals surface area contributed by atoms with Gasteiger partial charge in [-0.05, 0) is 23.8 Å². The molecule has 0 aliphatic heterocycles. The van der Waals surface area contributed by atoms with Crippen LogP contribution in [-0.4, -0.2) is 21.9 Å². The zero-order valence-electron chi connectivity index (χ0n) is 12.1. The van der Waals surface area contributed by atoms with Gasteiger partial charge in [0.2, 0.25) is 5.91 Å². The van der Waals surface area contributed by atoms with E-state index in [-0.39, 0.29) is 7.33 Å². The monoisotopic (exact) mass is 295 g/mol. The van der Waals surface area contributed by atoms with Gasteiger partial charge in [0.25, 0.3) is 0 Å². The molecule has 0 spiro atoms. The number of hydrogen-bond acceptors (Lipinski definition) is 2. The maximum absolute atomic E-state index is 11.4. The number of nitrogens with one attached hydrogen (secondary N) is 3. The van der Waals surface area contributed by atoms with Crippen LogP contribution in [0.2, 0.25) is 0 Å². The molecule has 2 rings (SSSR count). The fourth-order valence-corrected chi connectivity index (χ4v) is 1.66. The van der Waals surface area contributed by atoms with E-state index >= 15 is 0 Å². The number of thiol groups is 1. The van der Waals surface area contributed by atoms with Gasteiger partial charge in [0, 0.05) is 26.2 Å². The van der Waals surface area contributed by atoms with Crippen molar-refractivity contribution in [3.63, 3.8) is 0 Å². The first kappa shape index (κ1) is 16.4. The van der Waals surface area contributed by atoms with Gasteiger partial charge in [-0.2, -0.15) is 12.6 Å². The smallest absolute Gasteiger partial charge is 0.220 e. The van der Waals surface area contributed by atoms with Crippen LogP contribution in [0.15, 0.2) is 30.5 Å². The van der Waals surface area contributed by atoms with Gasteiger partial charge >= 0.3 is 0 Å². The van der Waals surface area contributed by atoms with E-state index in [4.69, 9.17) is 0 Å². The highest BCUT2D eigenvalue weighted by Gasteiger charge is 2.03. The molecule has 1 amide bonds. The summed E-state index contributed by atoms with van der Waals surface area (Å²) in [5.74, 6) is 1.06. The lowest BCUT2D eigenvalue weighted by molar-refractivity contribution is -0.121. The Balaban J connectivity index is 0.000000922. The third kappa shape index (κ3) is 5.57. The van der Waals surface area contributed by atoms with Crippen LogP contribution in [0.25, 0.3) is 11.3 Å². The van der Waals surface area contributed by atoms with E-state index in [1.807, 2.05) is 38.2 Å². The van der Waals surface area contributed by atoms with E-state index < -0.39 is 0 Å². The van der Waals surface area contributed by atoms with Crippen molar-refractivity contribution in [2.24, 2.45) is 0 Å². The lowest BCUT2D eigenvalue weighted by Gasteiger charge is -2.08. The average Bonchev–Trinajstić information content (AvgIpc) is 2.36. The second-order valence-electron chi connectivity index (χ2n) is 4.37. The summed E-state index contributed by atoms with van der Waals surface area (Å²) in [4.78, 5) is 11.4. The minimum atomic E-state index is 0. The van der Waals surface area contributed by atoms with Crippen molar-refractivity contribution in [1.29, 1.82) is 0 Å². The maximum atomic E-state index is 11.4. The third-order valence-electron chi connectivity index (χ3n) is 2.63. The molecular weight excluding hydrogens is 270 g/mol. The molecule has 0 saturated carbocycles. The van der Waals surface area contributed by atoms with Crippen LogP contribution < -0.4 is 5.32 Å². The van der Waals surface area contributed by atoms with E-state index in [1.165, 1.54) is 0 Å². The molecule has 4 nitrogen and oxygen atoms in total. The fraction of sp³-hybridized carbons (Fsp3) is 0.400. The minimum absolute atomic E-state index is 0. The summed E-state index contributed by atoms with van der Waals surface area (Å²) in [6, 6.07) is 8.13. The Morgan fingerprint density at radius 3 is 2.65 bits per heavy atom. The van der Waals surface area contributed by atoms with Crippen molar-refractivity contribution >= 4 is 18.5 Å². The number of aromatic nitrogens is 2. The number of benzene rings is 1. The Morgan fingerprint density at radius 1 is 1.40 bits per heavy atom. The van der Waals surface area contributed by atoms with Crippen molar-refractivity contribution in [2.45, 2.75) is 33.2 Å². The topological polar surface area (TPSA) is 60.7 Å². The molecule has 0 radical (unpaired) electrons. The van der Waals surface area contributed by atoms with Gasteiger partial charge in [-0.3, -0.25) is 9.89 Å². The normalized spacial score (nSPS) is 9.75. The molecule has 0 saturated heterocycles. The van der Waals surface area contributed by atoms with Gasteiger partial charge < -0.3 is 10.4 Å². The van der Waals surface area contributed by atoms with Crippen molar-refractivity contribution in [1.82, 2.24) is 15.5 Å². The molecule has 2 aromatic rings. The molecule has 0 aliphatic rings. The van der Waals surface area contributed by atoms with Crippen LogP contribution in [0.1, 0.15) is 33.7 Å². The second kappa shape index (κ2) is 9.31. The molecule has 3 N–H and O–H groups in total. The number of amides is 1. The van der Waals surface area contributed by atoms with Gasteiger partial charge in [0.1, 0.15) is 0 Å². The Kier molecular flexibility index (Phi) is 7.65. The molecule has 1 heterocycles. The Hall–Kier alpha value is -1.62. The molecular formula is C15H25N3OS. The van der Waals surface area contributed by atoms with E-state index in [0.717, 1.165) is 29.0 Å². The number of hydrogen-bond donors (Lipinski definition) is 4. The molecule has 0 aliphatic carbocycles. The average molecular weight is 295 g/mol. The molecule has 0 fully saturated rings. The second-order valence-corrected chi connectivity index (χ2v) is 5.00. The first-order valence-corrected chi connectivity index (χ1v) is 7.53. The standard InChI is InChI=1S/C13H17N3O.C2H6S.H2/c1-2-4-13(17)14-8-10-5-3-6-11(7-10)12-9-15-16-12;1-2-3;/h3,5-7,9,15-16H,2,4,8H2,1H3,(H,14,17);3H,2H2,1H3;1H. The van der Waals surface area contributed by atoms with Gasteiger partial charge in [-0.25, -0.2) is 0 Å². The van der Waals surface area contributed by atoms with Crippen molar-refractivity contribution in [3.8, 4) is 11.3 Å². The Bertz CT molecular complexity index is 501. The molecule has 0 atom stereocenters. The first-order chi connectivity index (χ1) is 9.71.